The fourth-order valence-electron chi connectivity index (χ4n) is 2.60. The zero-order chi connectivity index (χ0) is 17.3. The molecule has 0 saturated carbocycles. The van der Waals surface area contributed by atoms with E-state index < -0.39 is 5.97 Å². The minimum absolute atomic E-state index is 0.246. The van der Waals surface area contributed by atoms with Gasteiger partial charge in [-0.25, -0.2) is 4.79 Å². The van der Waals surface area contributed by atoms with E-state index in [1.165, 1.54) is 0 Å². The summed E-state index contributed by atoms with van der Waals surface area (Å²) in [6, 6.07) is 12.7. The number of pyridine rings is 1. The second kappa shape index (κ2) is 6.20. The van der Waals surface area contributed by atoms with Crippen LogP contribution in [0.2, 0.25) is 0 Å². The lowest BCUT2D eigenvalue weighted by molar-refractivity contribution is 0.0697. The van der Waals surface area contributed by atoms with Crippen LogP contribution in [0.25, 0.3) is 10.9 Å². The second-order valence-electron chi connectivity index (χ2n) is 5.65. The summed E-state index contributed by atoms with van der Waals surface area (Å²) < 4.78 is 5.30. The standard InChI is InChI=1S/C19H18N2O3/c1-11-4-5-13(19(22)23)9-17(11)21-18-8-12(2)20-16-7-6-14(24-3)10-15(16)18/h4-10H,1-3H3,(H,20,21)(H,22,23). The van der Waals surface area contributed by atoms with E-state index in [1.807, 2.05) is 38.1 Å². The van der Waals surface area contributed by atoms with Gasteiger partial charge in [-0.2, -0.15) is 0 Å². The summed E-state index contributed by atoms with van der Waals surface area (Å²) in [6.07, 6.45) is 0. The van der Waals surface area contributed by atoms with Gasteiger partial charge in [0, 0.05) is 22.5 Å². The zero-order valence-corrected chi connectivity index (χ0v) is 13.8. The number of anilines is 2. The molecule has 0 radical (unpaired) electrons. The van der Waals surface area contributed by atoms with Crippen molar-refractivity contribution in [1.29, 1.82) is 0 Å². The number of aryl methyl sites for hydroxylation is 2. The molecule has 3 rings (SSSR count). The summed E-state index contributed by atoms with van der Waals surface area (Å²) in [5.41, 5.74) is 4.56. The summed E-state index contributed by atoms with van der Waals surface area (Å²) in [5, 5.41) is 13.5. The van der Waals surface area contributed by atoms with E-state index in [0.717, 1.165) is 39.3 Å². The number of carboxylic acid groups (broad SMARTS) is 1. The number of carbonyl (C=O) groups is 1. The molecular formula is C19H18N2O3. The highest BCUT2D eigenvalue weighted by molar-refractivity contribution is 5.95. The lowest BCUT2D eigenvalue weighted by atomic mass is 10.1. The van der Waals surface area contributed by atoms with Crippen molar-refractivity contribution < 1.29 is 14.6 Å². The molecule has 122 valence electrons. The predicted molar refractivity (Wildman–Crippen MR) is 94.5 cm³/mol. The monoisotopic (exact) mass is 322 g/mol. The molecule has 1 aromatic heterocycles. The predicted octanol–water partition coefficient (Wildman–Crippen LogP) is 4.30. The lowest BCUT2D eigenvalue weighted by Gasteiger charge is -2.14. The molecule has 24 heavy (non-hydrogen) atoms. The molecule has 3 aromatic rings. The van der Waals surface area contributed by atoms with Gasteiger partial charge in [0.15, 0.2) is 0 Å². The molecule has 0 unspecified atom stereocenters. The van der Waals surface area contributed by atoms with Crippen molar-refractivity contribution in [2.75, 3.05) is 12.4 Å². The second-order valence-corrected chi connectivity index (χ2v) is 5.65. The molecule has 0 spiro atoms. The molecule has 0 atom stereocenters. The number of fused-ring (bicyclic) bond motifs is 1. The van der Waals surface area contributed by atoms with Crippen LogP contribution in [-0.2, 0) is 0 Å². The number of hydrogen-bond donors (Lipinski definition) is 2. The highest BCUT2D eigenvalue weighted by Crippen LogP contribution is 2.31. The van der Waals surface area contributed by atoms with Crippen molar-refractivity contribution in [2.45, 2.75) is 13.8 Å². The third-order valence-electron chi connectivity index (χ3n) is 3.90. The maximum Gasteiger partial charge on any atom is 0.335 e. The van der Waals surface area contributed by atoms with Crippen LogP contribution in [0, 0.1) is 13.8 Å². The third-order valence-corrected chi connectivity index (χ3v) is 3.90. The first-order valence-corrected chi connectivity index (χ1v) is 7.54. The molecule has 2 N–H and O–H groups in total. The van der Waals surface area contributed by atoms with Gasteiger partial charge in [-0.15, -0.1) is 0 Å². The van der Waals surface area contributed by atoms with Gasteiger partial charge in [-0.1, -0.05) is 6.07 Å². The van der Waals surface area contributed by atoms with E-state index in [1.54, 1.807) is 25.3 Å². The Morgan fingerprint density at radius 3 is 2.58 bits per heavy atom. The Hall–Kier alpha value is -3.08. The quantitative estimate of drug-likeness (QED) is 0.749. The molecule has 0 aliphatic heterocycles. The molecule has 5 heteroatoms. The van der Waals surface area contributed by atoms with Gasteiger partial charge in [0.2, 0.25) is 0 Å². The Bertz CT molecular complexity index is 935. The van der Waals surface area contributed by atoms with E-state index in [0.29, 0.717) is 0 Å². The largest absolute Gasteiger partial charge is 0.497 e. The number of aromatic carboxylic acids is 1. The summed E-state index contributed by atoms with van der Waals surface area (Å²) in [7, 11) is 1.62. The van der Waals surface area contributed by atoms with Crippen molar-refractivity contribution in [1.82, 2.24) is 4.98 Å². The van der Waals surface area contributed by atoms with E-state index in [9.17, 15) is 9.90 Å². The van der Waals surface area contributed by atoms with E-state index in [2.05, 4.69) is 10.3 Å². The number of carboxylic acids is 1. The van der Waals surface area contributed by atoms with Gasteiger partial charge in [-0.3, -0.25) is 4.98 Å². The number of nitrogens with one attached hydrogen (secondary N) is 1. The Labute approximate surface area is 139 Å². The topological polar surface area (TPSA) is 71.5 Å². The van der Waals surface area contributed by atoms with Gasteiger partial charge >= 0.3 is 5.97 Å². The summed E-state index contributed by atoms with van der Waals surface area (Å²) >= 11 is 0. The van der Waals surface area contributed by atoms with Crippen molar-refractivity contribution in [3.05, 3.63) is 59.3 Å². The van der Waals surface area contributed by atoms with Crippen LogP contribution < -0.4 is 10.1 Å². The minimum Gasteiger partial charge on any atom is -0.497 e. The van der Waals surface area contributed by atoms with E-state index in [4.69, 9.17) is 4.74 Å². The Balaban J connectivity index is 2.13. The van der Waals surface area contributed by atoms with Crippen LogP contribution in [0.4, 0.5) is 11.4 Å². The fourth-order valence-corrected chi connectivity index (χ4v) is 2.60. The first kappa shape index (κ1) is 15.8. The highest BCUT2D eigenvalue weighted by atomic mass is 16.5. The number of hydrogen-bond acceptors (Lipinski definition) is 4. The maximum atomic E-state index is 11.2. The lowest BCUT2D eigenvalue weighted by Crippen LogP contribution is -2.01. The summed E-state index contributed by atoms with van der Waals surface area (Å²) in [4.78, 5) is 15.7. The van der Waals surface area contributed by atoms with Crippen molar-refractivity contribution in [3.8, 4) is 5.75 Å². The maximum absolute atomic E-state index is 11.2. The average molecular weight is 322 g/mol. The summed E-state index contributed by atoms with van der Waals surface area (Å²) in [6.45, 7) is 3.86. The molecule has 0 aliphatic rings. The number of benzene rings is 2. The van der Waals surface area contributed by atoms with E-state index >= 15 is 0 Å². The van der Waals surface area contributed by atoms with Crippen molar-refractivity contribution >= 4 is 28.2 Å². The van der Waals surface area contributed by atoms with Crippen LogP contribution >= 0.6 is 0 Å². The molecule has 0 amide bonds. The normalized spacial score (nSPS) is 10.6. The third kappa shape index (κ3) is 3.01. The minimum atomic E-state index is -0.949. The number of methoxy groups -OCH3 is 1. The number of aromatic nitrogens is 1. The molecule has 0 aliphatic carbocycles. The smallest absolute Gasteiger partial charge is 0.335 e. The average Bonchev–Trinajstić information content (AvgIpc) is 2.56. The Morgan fingerprint density at radius 1 is 1.08 bits per heavy atom. The molecule has 0 bridgehead atoms. The first-order valence-electron chi connectivity index (χ1n) is 7.54. The molecular weight excluding hydrogens is 304 g/mol. The van der Waals surface area contributed by atoms with Crippen LogP contribution in [-0.4, -0.2) is 23.2 Å². The first-order chi connectivity index (χ1) is 11.5. The fraction of sp³-hybridized carbons (Fsp3) is 0.158. The number of nitrogens with zero attached hydrogens (tertiary/aromatic N) is 1. The van der Waals surface area contributed by atoms with Gasteiger partial charge in [0.05, 0.1) is 18.2 Å². The number of ether oxygens (including phenoxy) is 1. The van der Waals surface area contributed by atoms with Crippen LogP contribution in [0.15, 0.2) is 42.5 Å². The van der Waals surface area contributed by atoms with Gasteiger partial charge in [0.1, 0.15) is 5.75 Å². The molecule has 0 fully saturated rings. The van der Waals surface area contributed by atoms with Crippen LogP contribution in [0.3, 0.4) is 0 Å². The van der Waals surface area contributed by atoms with Crippen LogP contribution in [0.5, 0.6) is 5.75 Å². The molecule has 2 aromatic carbocycles. The van der Waals surface area contributed by atoms with Crippen molar-refractivity contribution in [2.24, 2.45) is 0 Å². The van der Waals surface area contributed by atoms with Gasteiger partial charge in [-0.05, 0) is 55.8 Å². The van der Waals surface area contributed by atoms with E-state index in [-0.39, 0.29) is 5.56 Å². The van der Waals surface area contributed by atoms with Crippen LogP contribution in [0.1, 0.15) is 21.6 Å². The Morgan fingerprint density at radius 2 is 1.88 bits per heavy atom. The summed E-state index contributed by atoms with van der Waals surface area (Å²) in [5.74, 6) is -0.206. The Kier molecular flexibility index (Phi) is 4.08. The van der Waals surface area contributed by atoms with Crippen molar-refractivity contribution in [3.63, 3.8) is 0 Å². The molecule has 0 saturated heterocycles. The molecule has 5 nitrogen and oxygen atoms in total. The van der Waals surface area contributed by atoms with Gasteiger partial charge < -0.3 is 15.2 Å². The van der Waals surface area contributed by atoms with Gasteiger partial charge in [0.25, 0.3) is 0 Å². The highest BCUT2D eigenvalue weighted by Gasteiger charge is 2.10. The number of rotatable bonds is 4. The zero-order valence-electron chi connectivity index (χ0n) is 13.8. The SMILES string of the molecule is COc1ccc2nc(C)cc(Nc3cc(C(=O)O)ccc3C)c2c1. The molecule has 1 heterocycles.